The van der Waals surface area contributed by atoms with E-state index in [2.05, 4.69) is 14.7 Å². The van der Waals surface area contributed by atoms with Crippen molar-refractivity contribution < 1.29 is 17.7 Å². The van der Waals surface area contributed by atoms with Crippen LogP contribution >= 0.6 is 0 Å². The van der Waals surface area contributed by atoms with Gasteiger partial charge in [-0.3, -0.25) is 9.97 Å². The van der Waals surface area contributed by atoms with Crippen molar-refractivity contribution >= 4 is 11.4 Å². The first-order valence-corrected chi connectivity index (χ1v) is 9.23. The third-order valence-electron chi connectivity index (χ3n) is 3.78. The molecule has 0 aliphatic rings. The van der Waals surface area contributed by atoms with Crippen molar-refractivity contribution in [1.29, 1.82) is 0 Å². The Hall–Kier alpha value is -1.64. The summed E-state index contributed by atoms with van der Waals surface area (Å²) in [4.78, 5) is 7.72. The summed E-state index contributed by atoms with van der Waals surface area (Å²) in [7, 11) is 0. The Morgan fingerprint density at radius 1 is 1.15 bits per heavy atom. The van der Waals surface area contributed by atoms with Gasteiger partial charge in [0.2, 0.25) is 0 Å². The molecule has 0 aliphatic carbocycles. The van der Waals surface area contributed by atoms with E-state index < -0.39 is 28.0 Å². The van der Waals surface area contributed by atoms with E-state index >= 15 is 0 Å². The van der Waals surface area contributed by atoms with Gasteiger partial charge in [0.1, 0.15) is 10.4 Å². The molecular weight excluding hydrogens is 363 g/mol. The number of nitrogens with one attached hydrogen (secondary N) is 1. The molecule has 0 bridgehead atoms. The quantitative estimate of drug-likeness (QED) is 0.783. The van der Waals surface area contributed by atoms with Crippen molar-refractivity contribution in [2.45, 2.75) is 51.6 Å². The Kier molecular flexibility index (Phi) is 5.99. The number of halogens is 3. The van der Waals surface area contributed by atoms with E-state index in [1.165, 1.54) is 6.07 Å². The molecule has 142 valence electrons. The number of alkyl halides is 3. The van der Waals surface area contributed by atoms with Crippen LogP contribution in [0.5, 0.6) is 0 Å². The van der Waals surface area contributed by atoms with Crippen LogP contribution in [0.1, 0.15) is 50.7 Å². The number of aromatic nitrogens is 2. The zero-order valence-corrected chi connectivity index (χ0v) is 16.1. The van der Waals surface area contributed by atoms with Crippen LogP contribution in [-0.2, 0) is 17.5 Å². The van der Waals surface area contributed by atoms with Crippen LogP contribution in [-0.4, -0.2) is 19.3 Å². The highest BCUT2D eigenvalue weighted by atomic mass is 32.2. The average Bonchev–Trinajstić information content (AvgIpc) is 2.53. The summed E-state index contributed by atoms with van der Waals surface area (Å²) in [6.45, 7) is 9.26. The van der Waals surface area contributed by atoms with E-state index in [0.717, 1.165) is 17.8 Å². The van der Waals surface area contributed by atoms with E-state index in [0.29, 0.717) is 16.8 Å². The second-order valence-corrected chi connectivity index (χ2v) is 9.07. The Balaban J connectivity index is 2.28. The zero-order chi connectivity index (χ0) is 19.7. The minimum atomic E-state index is -4.49. The summed E-state index contributed by atoms with van der Waals surface area (Å²) in [5.41, 5.74) is 1.53. The standard InChI is InChI=1S/C18H22F3N3OS/c1-11-8-15(12(2)24-26(25)17(3,4)5)23-10-14(11)13-6-7-22-16(9-13)18(19,20)21/h6-10,12,24H,1-5H3/t12-,26?/m0/s1. The zero-order valence-electron chi connectivity index (χ0n) is 15.3. The summed E-state index contributed by atoms with van der Waals surface area (Å²) in [6.07, 6.45) is -1.81. The fourth-order valence-electron chi connectivity index (χ4n) is 2.27. The van der Waals surface area contributed by atoms with Crippen LogP contribution in [0.4, 0.5) is 13.2 Å². The number of pyridine rings is 2. The van der Waals surface area contributed by atoms with Gasteiger partial charge in [0.15, 0.2) is 0 Å². The number of aryl methyl sites for hydroxylation is 1. The average molecular weight is 385 g/mol. The molecule has 1 unspecified atom stereocenters. The fourth-order valence-corrected chi connectivity index (χ4v) is 3.06. The van der Waals surface area contributed by atoms with Crippen LogP contribution in [0.3, 0.4) is 0 Å². The highest BCUT2D eigenvalue weighted by Gasteiger charge is 2.32. The maximum atomic E-state index is 12.9. The second kappa shape index (κ2) is 7.54. The van der Waals surface area contributed by atoms with Crippen molar-refractivity contribution in [2.24, 2.45) is 0 Å². The Bertz CT molecular complexity index is 775. The maximum absolute atomic E-state index is 12.9. The van der Waals surface area contributed by atoms with Gasteiger partial charge >= 0.3 is 6.18 Å². The Morgan fingerprint density at radius 3 is 2.35 bits per heavy atom. The summed E-state index contributed by atoms with van der Waals surface area (Å²) >= 11 is -1.25. The minimum absolute atomic E-state index is 0.258. The maximum Gasteiger partial charge on any atom is 0.433 e. The van der Waals surface area contributed by atoms with Crippen molar-refractivity contribution in [2.75, 3.05) is 0 Å². The minimum Gasteiger partial charge on any atom is -0.598 e. The lowest BCUT2D eigenvalue weighted by atomic mass is 10.0. The van der Waals surface area contributed by atoms with E-state index in [1.807, 2.05) is 34.6 Å². The van der Waals surface area contributed by atoms with Crippen molar-refractivity contribution in [3.63, 3.8) is 0 Å². The summed E-state index contributed by atoms with van der Waals surface area (Å²) in [6, 6.07) is 4.07. The van der Waals surface area contributed by atoms with Crippen LogP contribution in [0.15, 0.2) is 30.6 Å². The molecule has 0 aromatic carbocycles. The number of hydrogen-bond acceptors (Lipinski definition) is 4. The molecule has 1 N–H and O–H groups in total. The fraction of sp³-hybridized carbons (Fsp3) is 0.444. The van der Waals surface area contributed by atoms with Crippen LogP contribution in [0.2, 0.25) is 0 Å². The highest BCUT2D eigenvalue weighted by Crippen LogP contribution is 2.31. The van der Waals surface area contributed by atoms with Crippen molar-refractivity contribution in [3.05, 3.63) is 47.5 Å². The van der Waals surface area contributed by atoms with Crippen LogP contribution < -0.4 is 4.72 Å². The molecule has 0 saturated heterocycles. The van der Waals surface area contributed by atoms with Gasteiger partial charge in [0.25, 0.3) is 0 Å². The molecule has 2 aromatic rings. The molecule has 0 aliphatic heterocycles. The largest absolute Gasteiger partial charge is 0.598 e. The van der Waals surface area contributed by atoms with Gasteiger partial charge < -0.3 is 4.55 Å². The number of rotatable bonds is 4. The van der Waals surface area contributed by atoms with Gasteiger partial charge in [-0.15, -0.1) is 4.72 Å². The van der Waals surface area contributed by atoms with Crippen LogP contribution in [0.25, 0.3) is 11.1 Å². The van der Waals surface area contributed by atoms with E-state index in [4.69, 9.17) is 0 Å². The van der Waals surface area contributed by atoms with E-state index in [9.17, 15) is 17.7 Å². The molecule has 0 fully saturated rings. The molecule has 0 saturated carbocycles. The molecule has 2 atom stereocenters. The van der Waals surface area contributed by atoms with Gasteiger partial charge in [-0.1, -0.05) is 0 Å². The normalized spacial score (nSPS) is 15.0. The number of hydrogen-bond donors (Lipinski definition) is 1. The Morgan fingerprint density at radius 2 is 1.81 bits per heavy atom. The van der Waals surface area contributed by atoms with Gasteiger partial charge in [-0.25, -0.2) is 0 Å². The highest BCUT2D eigenvalue weighted by molar-refractivity contribution is 7.90. The molecule has 0 amide bonds. The first kappa shape index (κ1) is 20.7. The van der Waals surface area contributed by atoms with E-state index in [1.54, 1.807) is 12.3 Å². The van der Waals surface area contributed by atoms with E-state index in [-0.39, 0.29) is 6.04 Å². The first-order valence-electron chi connectivity index (χ1n) is 8.08. The molecule has 2 aromatic heterocycles. The molecule has 0 radical (unpaired) electrons. The first-order chi connectivity index (χ1) is 11.9. The van der Waals surface area contributed by atoms with Gasteiger partial charge in [0, 0.05) is 29.3 Å². The molecule has 4 nitrogen and oxygen atoms in total. The van der Waals surface area contributed by atoms with Gasteiger partial charge in [0.05, 0.1) is 11.7 Å². The lowest BCUT2D eigenvalue weighted by Gasteiger charge is -2.26. The predicted molar refractivity (Wildman–Crippen MR) is 96.7 cm³/mol. The van der Waals surface area contributed by atoms with Crippen molar-refractivity contribution in [1.82, 2.24) is 14.7 Å². The lowest BCUT2D eigenvalue weighted by Crippen LogP contribution is -2.40. The summed E-state index contributed by atoms with van der Waals surface area (Å²) < 4.78 is 53.4. The smallest absolute Gasteiger partial charge is 0.433 e. The summed E-state index contributed by atoms with van der Waals surface area (Å²) in [5.74, 6) is 0. The van der Waals surface area contributed by atoms with Gasteiger partial charge in [-0.05, 0) is 63.9 Å². The molecular formula is C18H22F3N3OS. The molecule has 2 heterocycles. The third-order valence-corrected chi connectivity index (χ3v) is 5.46. The Labute approximate surface area is 154 Å². The molecule has 26 heavy (non-hydrogen) atoms. The molecule has 8 heteroatoms. The second-order valence-electron chi connectivity index (χ2n) is 7.07. The third kappa shape index (κ3) is 4.96. The monoisotopic (exact) mass is 385 g/mol. The van der Waals surface area contributed by atoms with Gasteiger partial charge in [-0.2, -0.15) is 13.2 Å². The molecule has 2 rings (SSSR count). The topological polar surface area (TPSA) is 60.9 Å². The predicted octanol–water partition coefficient (Wildman–Crippen LogP) is 4.58. The molecule has 0 spiro atoms. The van der Waals surface area contributed by atoms with Crippen LogP contribution in [0, 0.1) is 6.92 Å². The SMILES string of the molecule is Cc1cc([C@H](C)N[S+]([O-])C(C)(C)C)ncc1-c1ccnc(C(F)(F)F)c1. The number of nitrogens with zero attached hydrogens (tertiary/aromatic N) is 2. The summed E-state index contributed by atoms with van der Waals surface area (Å²) in [5, 5.41) is 0. The van der Waals surface area contributed by atoms with Crippen molar-refractivity contribution in [3.8, 4) is 11.1 Å². The lowest BCUT2D eigenvalue weighted by molar-refractivity contribution is -0.141.